The normalized spacial score (nSPS) is 21.2. The topological polar surface area (TPSA) is 29.5 Å². The van der Waals surface area contributed by atoms with E-state index in [-0.39, 0.29) is 18.4 Å². The lowest BCUT2D eigenvalue weighted by molar-refractivity contribution is -0.148. The summed E-state index contributed by atoms with van der Waals surface area (Å²) in [5, 5.41) is 0. The van der Waals surface area contributed by atoms with Crippen LogP contribution in [0.1, 0.15) is 12.8 Å². The van der Waals surface area contributed by atoms with E-state index in [4.69, 9.17) is 0 Å². The smallest absolute Gasteiger partial charge is 0.402 e. The number of hydrogen-bond acceptors (Lipinski definition) is 3. The summed E-state index contributed by atoms with van der Waals surface area (Å²) >= 11 is 2.63. The molecule has 7 heteroatoms. The number of alkyl halides is 4. The molecule has 1 aliphatic heterocycles. The average molecular weight is 318 g/mol. The van der Waals surface area contributed by atoms with Gasteiger partial charge in [0, 0.05) is 6.54 Å². The molecule has 0 spiro atoms. The van der Waals surface area contributed by atoms with Crippen molar-refractivity contribution in [2.24, 2.45) is 5.92 Å². The first kappa shape index (κ1) is 14.8. The van der Waals surface area contributed by atoms with Crippen LogP contribution in [-0.2, 0) is 9.53 Å². The third-order valence-electron chi connectivity index (χ3n) is 2.90. The van der Waals surface area contributed by atoms with E-state index in [9.17, 15) is 18.0 Å². The highest BCUT2D eigenvalue weighted by molar-refractivity contribution is 9.09. The number of nitrogens with zero attached hydrogens (tertiary/aromatic N) is 1. The van der Waals surface area contributed by atoms with Gasteiger partial charge < -0.3 is 9.64 Å². The van der Waals surface area contributed by atoms with Gasteiger partial charge in [-0.25, -0.2) is 0 Å². The number of ether oxygens (including phenoxy) is 1. The van der Waals surface area contributed by atoms with Crippen molar-refractivity contribution in [2.75, 3.05) is 26.7 Å². The van der Waals surface area contributed by atoms with Crippen molar-refractivity contribution in [3.8, 4) is 0 Å². The molecule has 3 nitrogen and oxygen atoms in total. The Balaban J connectivity index is 2.35. The molecule has 1 unspecified atom stereocenters. The summed E-state index contributed by atoms with van der Waals surface area (Å²) in [6.07, 6.45) is -3.10. The molecule has 1 heterocycles. The number of piperidine rings is 1. The molecule has 0 radical (unpaired) electrons. The molecule has 0 aromatic carbocycles. The van der Waals surface area contributed by atoms with Crippen LogP contribution in [0.25, 0.3) is 0 Å². The molecule has 0 saturated carbocycles. The van der Waals surface area contributed by atoms with E-state index >= 15 is 0 Å². The number of esters is 1. The molecular formula is C10H15BrF3NO2. The molecule has 0 amide bonds. The first-order chi connectivity index (χ1) is 7.84. The lowest BCUT2D eigenvalue weighted by atomic mass is 9.97. The number of hydrogen-bond donors (Lipinski definition) is 0. The molecular weight excluding hydrogens is 303 g/mol. The zero-order valence-corrected chi connectivity index (χ0v) is 11.1. The molecule has 0 aromatic rings. The van der Waals surface area contributed by atoms with Gasteiger partial charge in [0.2, 0.25) is 0 Å². The fourth-order valence-corrected chi connectivity index (χ4v) is 2.26. The third-order valence-corrected chi connectivity index (χ3v) is 3.70. The Morgan fingerprint density at radius 2 is 2.00 bits per heavy atom. The van der Waals surface area contributed by atoms with Crippen LogP contribution in [0, 0.1) is 5.92 Å². The van der Waals surface area contributed by atoms with Crippen LogP contribution in [0.4, 0.5) is 13.2 Å². The van der Waals surface area contributed by atoms with Crippen molar-refractivity contribution < 1.29 is 22.7 Å². The quantitative estimate of drug-likeness (QED) is 0.590. The van der Waals surface area contributed by atoms with E-state index in [2.05, 4.69) is 20.7 Å². The highest BCUT2D eigenvalue weighted by Gasteiger charge is 2.39. The first-order valence-corrected chi connectivity index (χ1v) is 6.27. The van der Waals surface area contributed by atoms with Gasteiger partial charge >= 0.3 is 12.1 Å². The van der Waals surface area contributed by atoms with E-state index < -0.39 is 11.0 Å². The van der Waals surface area contributed by atoms with Crippen molar-refractivity contribution in [3.63, 3.8) is 0 Å². The lowest BCUT2D eigenvalue weighted by Crippen LogP contribution is -2.42. The maximum absolute atomic E-state index is 12.3. The molecule has 0 bridgehead atoms. The van der Waals surface area contributed by atoms with E-state index in [0.29, 0.717) is 25.9 Å². The molecule has 17 heavy (non-hydrogen) atoms. The maximum atomic E-state index is 12.3. The summed E-state index contributed by atoms with van der Waals surface area (Å²) in [6.45, 7) is 0.924. The van der Waals surface area contributed by atoms with Gasteiger partial charge in [0.25, 0.3) is 0 Å². The van der Waals surface area contributed by atoms with Crippen molar-refractivity contribution >= 4 is 21.9 Å². The Hall–Kier alpha value is -0.300. The maximum Gasteiger partial charge on any atom is 0.402 e. The summed E-state index contributed by atoms with van der Waals surface area (Å²) in [5.74, 6) is -0.438. The number of rotatable bonds is 3. The molecule has 0 aromatic heterocycles. The van der Waals surface area contributed by atoms with Crippen LogP contribution in [0.5, 0.6) is 0 Å². The Labute approximate surface area is 106 Å². The van der Waals surface area contributed by atoms with Crippen LogP contribution in [0.2, 0.25) is 0 Å². The number of methoxy groups -OCH3 is 1. The molecule has 1 saturated heterocycles. The van der Waals surface area contributed by atoms with Gasteiger partial charge in [0.1, 0.15) is 4.83 Å². The van der Waals surface area contributed by atoms with Gasteiger partial charge in [-0.15, -0.1) is 0 Å². The van der Waals surface area contributed by atoms with E-state index in [1.165, 1.54) is 7.11 Å². The number of carbonyl (C=O) groups excluding carboxylic acids is 1. The van der Waals surface area contributed by atoms with Crippen LogP contribution in [0.3, 0.4) is 0 Å². The number of carbonyl (C=O) groups is 1. The zero-order chi connectivity index (χ0) is 13.1. The first-order valence-electron chi connectivity index (χ1n) is 5.35. The predicted molar refractivity (Wildman–Crippen MR) is 60.0 cm³/mol. The zero-order valence-electron chi connectivity index (χ0n) is 9.47. The van der Waals surface area contributed by atoms with Gasteiger partial charge in [-0.3, -0.25) is 4.79 Å². The highest BCUT2D eigenvalue weighted by atomic mass is 79.9. The van der Waals surface area contributed by atoms with Crippen molar-refractivity contribution in [1.29, 1.82) is 0 Å². The second kappa shape index (κ2) is 6.04. The Morgan fingerprint density at radius 3 is 2.41 bits per heavy atom. The van der Waals surface area contributed by atoms with Crippen molar-refractivity contribution in [1.82, 2.24) is 4.90 Å². The highest BCUT2D eigenvalue weighted by Crippen LogP contribution is 2.28. The van der Waals surface area contributed by atoms with Crippen molar-refractivity contribution in [2.45, 2.75) is 23.8 Å². The molecule has 1 fully saturated rings. The van der Waals surface area contributed by atoms with Gasteiger partial charge in [-0.1, -0.05) is 15.9 Å². The van der Waals surface area contributed by atoms with Crippen LogP contribution in [0.15, 0.2) is 0 Å². The molecule has 1 rings (SSSR count). The summed E-state index contributed by atoms with van der Waals surface area (Å²) in [7, 11) is 1.33. The minimum Gasteiger partial charge on any atom is -0.469 e. The summed E-state index contributed by atoms with van der Waals surface area (Å²) in [6, 6.07) is 0. The van der Waals surface area contributed by atoms with Crippen LogP contribution >= 0.6 is 15.9 Å². The molecule has 0 N–H and O–H groups in total. The summed E-state index contributed by atoms with van der Waals surface area (Å²) in [5.41, 5.74) is 0. The minimum absolute atomic E-state index is 0.0720. The van der Waals surface area contributed by atoms with E-state index in [0.717, 1.165) is 0 Å². The standard InChI is InChI=1S/C10H15BrF3NO2/c1-17-9(16)7-2-4-15(5-3-7)6-8(11)10(12,13)14/h7-8H,2-6H2,1H3. The Bertz CT molecular complexity index is 265. The molecule has 1 atom stereocenters. The van der Waals surface area contributed by atoms with Crippen molar-refractivity contribution in [3.05, 3.63) is 0 Å². The van der Waals surface area contributed by atoms with Gasteiger partial charge in [0.15, 0.2) is 0 Å². The van der Waals surface area contributed by atoms with Crippen LogP contribution in [-0.4, -0.2) is 48.6 Å². The van der Waals surface area contributed by atoms with Crippen LogP contribution < -0.4 is 0 Å². The molecule has 0 aliphatic carbocycles. The average Bonchev–Trinajstić information content (AvgIpc) is 2.27. The van der Waals surface area contributed by atoms with E-state index in [1.54, 1.807) is 4.90 Å². The monoisotopic (exact) mass is 317 g/mol. The molecule has 1 aliphatic rings. The fraction of sp³-hybridized carbons (Fsp3) is 0.900. The third kappa shape index (κ3) is 4.46. The summed E-state index contributed by atoms with van der Waals surface area (Å²) < 4.78 is 41.6. The Morgan fingerprint density at radius 1 is 1.47 bits per heavy atom. The second-order valence-electron chi connectivity index (χ2n) is 4.11. The van der Waals surface area contributed by atoms with Gasteiger partial charge in [-0.05, 0) is 25.9 Å². The molecule has 100 valence electrons. The SMILES string of the molecule is COC(=O)C1CCN(CC(Br)C(F)(F)F)CC1. The van der Waals surface area contributed by atoms with Gasteiger partial charge in [-0.2, -0.15) is 13.2 Å². The number of halogens is 4. The summed E-state index contributed by atoms with van der Waals surface area (Å²) in [4.78, 5) is 11.4. The lowest BCUT2D eigenvalue weighted by Gasteiger charge is -2.32. The van der Waals surface area contributed by atoms with Gasteiger partial charge in [0.05, 0.1) is 13.0 Å². The Kier molecular flexibility index (Phi) is 5.24. The number of likely N-dealkylation sites (tertiary alicyclic amines) is 1. The predicted octanol–water partition coefficient (Wildman–Crippen LogP) is 2.20. The fourth-order valence-electron chi connectivity index (χ4n) is 1.85. The minimum atomic E-state index is -4.22. The largest absolute Gasteiger partial charge is 0.469 e. The van der Waals surface area contributed by atoms with E-state index in [1.807, 2.05) is 0 Å². The second-order valence-corrected chi connectivity index (χ2v) is 5.21.